The van der Waals surface area contributed by atoms with Gasteiger partial charge in [-0.2, -0.15) is 0 Å². The summed E-state index contributed by atoms with van der Waals surface area (Å²) in [7, 11) is 0. The van der Waals surface area contributed by atoms with Gasteiger partial charge in [-0.05, 0) is 134 Å². The van der Waals surface area contributed by atoms with Crippen molar-refractivity contribution < 1.29 is 30.0 Å². The van der Waals surface area contributed by atoms with Crippen LogP contribution in [0.3, 0.4) is 0 Å². The maximum atomic E-state index is 10.0. The van der Waals surface area contributed by atoms with Gasteiger partial charge in [0.05, 0.1) is 33.3 Å². The summed E-state index contributed by atoms with van der Waals surface area (Å²) in [6.07, 6.45) is 1.17. The van der Waals surface area contributed by atoms with E-state index in [0.29, 0.717) is 17.5 Å². The molecule has 0 aliphatic rings. The van der Waals surface area contributed by atoms with E-state index in [9.17, 15) is 4.79 Å². The molecule has 0 bridgehead atoms. The van der Waals surface area contributed by atoms with Gasteiger partial charge >= 0.3 is 0 Å². The van der Waals surface area contributed by atoms with E-state index in [1.165, 1.54) is 123 Å². The zero-order chi connectivity index (χ0) is 68.2. The normalized spacial score (nSPS) is 11.3. The number of aliphatic hydroxyl groups excluding tert-OH is 1. The van der Waals surface area contributed by atoms with Gasteiger partial charge in [0.2, 0.25) is 0 Å². The zero-order valence-electron chi connectivity index (χ0n) is 55.9. The molecular weight excluding hydrogens is 1430 g/mol. The topological polar surface area (TPSA) is 98.7 Å². The fourth-order valence-electron chi connectivity index (χ4n) is 14.0. The molecule has 0 spiro atoms. The standard InChI is InChI=1S/C39H25N3.C34H22N2.C15H10N.C5H8O2.Ir/c1-3-12-26(13-4-1)37-40-38(27-14-5-2-6-15-27)42-39(41-37)30-17-11-16-28(24-30)29-22-23-35-33-20-8-7-18-31(33)32-19-9-10-21-34(32)36(35)25-29;1-3-13-23(14-4-1)35-29-21-11-9-19-27(29)31-25-17-7-8-18-26(25)32-28-20-10-12-22-30(28)36(34(32)33(31)35)24-15-5-2-6-16-24;1-2-6-12(7-3-1)15-11-10-13-8-4-5-9-14(13)16-15;1-4(6)3-5(2)7;/h1-25H;1-22H;1-6,8-11H;3,6H,1-2H3;/q;;-1;;. The summed E-state index contributed by atoms with van der Waals surface area (Å²) in [4.78, 5) is 29.4. The Bertz CT molecular complexity index is 6070. The molecule has 1 N–H and O–H groups in total. The summed E-state index contributed by atoms with van der Waals surface area (Å²) in [5, 5.41) is 24.9. The monoisotopic (exact) mass is 1490 g/mol. The number of benzene rings is 15. The second kappa shape index (κ2) is 29.0. The molecule has 0 aliphatic carbocycles. The van der Waals surface area contributed by atoms with Gasteiger partial charge in [0, 0.05) is 75.8 Å². The maximum absolute atomic E-state index is 10.0. The van der Waals surface area contributed by atoms with Crippen LogP contribution in [0.2, 0.25) is 0 Å². The van der Waals surface area contributed by atoms with Gasteiger partial charge in [-0.15, -0.1) is 35.9 Å². The van der Waals surface area contributed by atoms with E-state index in [1.807, 2.05) is 109 Å². The number of rotatable bonds is 8. The average Bonchev–Trinajstić information content (AvgIpc) is 1.54. The van der Waals surface area contributed by atoms with Crippen molar-refractivity contribution >= 4 is 103 Å². The first-order chi connectivity index (χ1) is 49.8. The Morgan fingerprint density at radius 1 is 0.343 bits per heavy atom. The molecule has 9 heteroatoms. The van der Waals surface area contributed by atoms with Gasteiger partial charge < -0.3 is 14.2 Å². The molecule has 0 saturated heterocycles. The predicted octanol–water partition coefficient (Wildman–Crippen LogP) is 23.8. The Balaban J connectivity index is 0.000000126. The van der Waals surface area contributed by atoms with Crippen LogP contribution in [0, 0.1) is 6.07 Å². The van der Waals surface area contributed by atoms with Crippen LogP contribution in [-0.2, 0) is 24.9 Å². The van der Waals surface area contributed by atoms with E-state index < -0.39 is 0 Å². The van der Waals surface area contributed by atoms with Gasteiger partial charge in [0.25, 0.3) is 0 Å². The van der Waals surface area contributed by atoms with E-state index >= 15 is 0 Å². The van der Waals surface area contributed by atoms with E-state index in [0.717, 1.165) is 44.6 Å². The van der Waals surface area contributed by atoms with Crippen LogP contribution in [0.5, 0.6) is 0 Å². The second-order valence-corrected chi connectivity index (χ2v) is 24.9. The van der Waals surface area contributed by atoms with Crippen molar-refractivity contribution in [2.45, 2.75) is 13.8 Å². The van der Waals surface area contributed by atoms with Gasteiger partial charge in [0.1, 0.15) is 0 Å². The van der Waals surface area contributed by atoms with Crippen molar-refractivity contribution in [1.29, 1.82) is 0 Å². The molecule has 0 amide bonds. The number of carbonyl (C=O) groups excluding carboxylic acids is 1. The molecule has 8 nitrogen and oxygen atoms in total. The molecule has 1 radical (unpaired) electrons. The number of nitrogens with zero attached hydrogens (tertiary/aromatic N) is 6. The Morgan fingerprint density at radius 2 is 0.745 bits per heavy atom. The fourth-order valence-corrected chi connectivity index (χ4v) is 14.0. The minimum Gasteiger partial charge on any atom is -0.512 e. The van der Waals surface area contributed by atoms with E-state index in [4.69, 9.17) is 20.1 Å². The van der Waals surface area contributed by atoms with Crippen molar-refractivity contribution in [3.05, 3.63) is 364 Å². The van der Waals surface area contributed by atoms with Gasteiger partial charge in [-0.1, -0.05) is 267 Å². The van der Waals surface area contributed by atoms with Crippen molar-refractivity contribution in [2.75, 3.05) is 0 Å². The van der Waals surface area contributed by atoms with E-state index in [1.54, 1.807) is 0 Å². The SMILES string of the molecule is CC(=O)C=C(C)O.[Ir].[c-]1ccccc1-c1ccc2ccccc2n1.c1ccc(-c2nc(-c3ccccc3)nc(-c3cccc(-c4ccc5c6ccccc6c6ccccc6c5c4)c3)n2)cc1.c1ccc(-n2c3ccccc3c3c4ccccc4c4c5ccccc5n(-c5ccccc5)c4c32)cc1. The number of carbonyl (C=O) groups is 1. The summed E-state index contributed by atoms with van der Waals surface area (Å²) >= 11 is 0. The van der Waals surface area contributed by atoms with E-state index in [2.05, 4.69) is 257 Å². The Labute approximate surface area is 603 Å². The van der Waals surface area contributed by atoms with Crippen molar-refractivity contribution in [3.63, 3.8) is 0 Å². The first kappa shape index (κ1) is 65.2. The molecule has 15 aromatic carbocycles. The number of aliphatic hydroxyl groups is 1. The van der Waals surface area contributed by atoms with Crippen molar-refractivity contribution in [3.8, 4) is 67.9 Å². The second-order valence-electron chi connectivity index (χ2n) is 24.9. The molecule has 489 valence electrons. The first-order valence-electron chi connectivity index (χ1n) is 33.8. The van der Waals surface area contributed by atoms with Crippen LogP contribution < -0.4 is 0 Å². The Kier molecular flexibility index (Phi) is 18.5. The van der Waals surface area contributed by atoms with Crippen molar-refractivity contribution in [2.24, 2.45) is 0 Å². The largest absolute Gasteiger partial charge is 0.512 e. The van der Waals surface area contributed by atoms with Crippen LogP contribution in [0.1, 0.15) is 13.8 Å². The third-order valence-corrected chi connectivity index (χ3v) is 18.4. The van der Waals surface area contributed by atoms with Crippen LogP contribution in [0.15, 0.2) is 358 Å². The maximum Gasteiger partial charge on any atom is 0.164 e. The molecule has 0 saturated carbocycles. The Hall–Kier alpha value is -12.8. The number of aromatic nitrogens is 6. The molecule has 0 atom stereocenters. The minimum atomic E-state index is -0.125. The molecule has 19 aromatic rings. The fraction of sp³-hybridized carbons (Fsp3) is 0.0215. The molecule has 102 heavy (non-hydrogen) atoms. The number of para-hydroxylation sites is 5. The van der Waals surface area contributed by atoms with E-state index in [-0.39, 0.29) is 31.6 Å². The summed E-state index contributed by atoms with van der Waals surface area (Å²) in [5.41, 5.74) is 15.5. The summed E-state index contributed by atoms with van der Waals surface area (Å²) < 4.78 is 4.91. The van der Waals surface area contributed by atoms with Crippen LogP contribution >= 0.6 is 0 Å². The number of fused-ring (bicyclic) bond motifs is 17. The van der Waals surface area contributed by atoms with Gasteiger partial charge in [0.15, 0.2) is 23.3 Å². The molecule has 0 unspecified atom stereocenters. The average molecular weight is 1490 g/mol. The smallest absolute Gasteiger partial charge is 0.164 e. The number of hydrogen-bond acceptors (Lipinski definition) is 6. The van der Waals surface area contributed by atoms with Crippen LogP contribution in [0.4, 0.5) is 0 Å². The van der Waals surface area contributed by atoms with Crippen LogP contribution in [0.25, 0.3) is 166 Å². The van der Waals surface area contributed by atoms with Crippen molar-refractivity contribution in [1.82, 2.24) is 29.1 Å². The molecule has 4 heterocycles. The molecule has 0 fully saturated rings. The van der Waals surface area contributed by atoms with Gasteiger partial charge in [-0.25, -0.2) is 15.0 Å². The number of ketones is 1. The number of allylic oxidation sites excluding steroid dienone is 2. The molecule has 4 aromatic heterocycles. The molecular formula is C93H65IrN6O2-. The zero-order valence-corrected chi connectivity index (χ0v) is 58.3. The summed E-state index contributed by atoms with van der Waals surface area (Å²) in [6, 6.07) is 124. The summed E-state index contributed by atoms with van der Waals surface area (Å²) in [6.45, 7) is 2.85. The first-order valence-corrected chi connectivity index (χ1v) is 33.8. The molecule has 0 aliphatic heterocycles. The Morgan fingerprint density at radius 3 is 1.24 bits per heavy atom. The minimum absolute atomic E-state index is 0. The summed E-state index contributed by atoms with van der Waals surface area (Å²) in [5.74, 6) is 1.91. The predicted molar refractivity (Wildman–Crippen MR) is 420 cm³/mol. The quantitative estimate of drug-likeness (QED) is 0.0704. The molecule has 19 rings (SSSR count). The third-order valence-electron chi connectivity index (χ3n) is 18.4. The number of hydrogen-bond donors (Lipinski definition) is 1. The third kappa shape index (κ3) is 12.8. The number of pyridine rings is 1. The van der Waals surface area contributed by atoms with Gasteiger partial charge in [-0.3, -0.25) is 9.78 Å². The van der Waals surface area contributed by atoms with Crippen LogP contribution in [-0.4, -0.2) is 40.0 Å².